The Hall–Kier alpha value is -2.90. The molecule has 168 valence electrons. The standard InChI is InChI=1S/C26H21F2NO2S2/c1-12(2)14-8-7-9-15(13(3)4)22(14)29-25(30)18-19(26(29)31)21(28)24-23(20(18)27)32-16-10-5-6-11-17(16)33-24/h5-13H,1-4H3. The average Bonchev–Trinajstić information content (AvgIpc) is 3.06. The van der Waals surface area contributed by atoms with Crippen molar-refractivity contribution in [1.82, 2.24) is 4.57 Å². The number of benzene rings is 3. The van der Waals surface area contributed by atoms with Gasteiger partial charge in [0.25, 0.3) is 11.1 Å². The normalized spacial score (nSPS) is 12.1. The van der Waals surface area contributed by atoms with E-state index in [1.54, 1.807) is 0 Å². The fourth-order valence-corrected chi connectivity index (χ4v) is 6.68. The molecule has 0 amide bonds. The Bertz CT molecular complexity index is 1570. The van der Waals surface area contributed by atoms with Gasteiger partial charge in [-0.2, -0.15) is 0 Å². The number of para-hydroxylation sites is 1. The third-order valence-electron chi connectivity index (χ3n) is 5.97. The molecule has 5 rings (SSSR count). The lowest BCUT2D eigenvalue weighted by Crippen LogP contribution is -2.26. The largest absolute Gasteiger partial charge is 0.269 e. The molecule has 5 aromatic rings. The molecule has 0 radical (unpaired) electrons. The third kappa shape index (κ3) is 3.17. The van der Waals surface area contributed by atoms with Crippen molar-refractivity contribution in [3.63, 3.8) is 0 Å². The van der Waals surface area contributed by atoms with E-state index in [1.165, 1.54) is 0 Å². The first-order valence-corrected chi connectivity index (χ1v) is 12.4. The lowest BCUT2D eigenvalue weighted by molar-refractivity contribution is 0.637. The summed E-state index contributed by atoms with van der Waals surface area (Å²) in [7, 11) is 0. The first-order chi connectivity index (χ1) is 15.7. The second kappa shape index (κ2) is 7.85. The molecule has 0 aliphatic heterocycles. The predicted octanol–water partition coefficient (Wildman–Crippen LogP) is 7.31. The number of aromatic nitrogens is 1. The van der Waals surface area contributed by atoms with Gasteiger partial charge in [0.15, 0.2) is 11.6 Å². The van der Waals surface area contributed by atoms with Gasteiger partial charge in [0.2, 0.25) is 0 Å². The van der Waals surface area contributed by atoms with Crippen molar-refractivity contribution < 1.29 is 8.78 Å². The van der Waals surface area contributed by atoms with Gasteiger partial charge in [0.05, 0.1) is 25.9 Å². The van der Waals surface area contributed by atoms with E-state index in [0.29, 0.717) is 5.69 Å². The quantitative estimate of drug-likeness (QED) is 0.254. The maximum Gasteiger partial charge on any atom is 0.269 e. The number of hydrogen-bond acceptors (Lipinski definition) is 4. The minimum atomic E-state index is -0.831. The first-order valence-electron chi connectivity index (χ1n) is 10.7. The summed E-state index contributed by atoms with van der Waals surface area (Å²) in [4.78, 5) is 27.1. The summed E-state index contributed by atoms with van der Waals surface area (Å²) in [5.74, 6) is -1.65. The zero-order valence-electron chi connectivity index (χ0n) is 18.5. The van der Waals surface area contributed by atoms with Gasteiger partial charge in [-0.15, -0.1) is 22.7 Å². The highest BCUT2D eigenvalue weighted by atomic mass is 32.1. The molecular formula is C26H21F2NO2S2. The van der Waals surface area contributed by atoms with Crippen LogP contribution in [-0.4, -0.2) is 4.57 Å². The highest BCUT2D eigenvalue weighted by Crippen LogP contribution is 2.39. The van der Waals surface area contributed by atoms with Crippen LogP contribution in [0.3, 0.4) is 0 Å². The minimum absolute atomic E-state index is 0.00604. The molecule has 0 saturated carbocycles. The third-order valence-corrected chi connectivity index (χ3v) is 8.55. The summed E-state index contributed by atoms with van der Waals surface area (Å²) in [6.45, 7) is 7.86. The van der Waals surface area contributed by atoms with Crippen LogP contribution in [0.1, 0.15) is 50.7 Å². The molecule has 0 spiro atoms. The number of rotatable bonds is 3. The summed E-state index contributed by atoms with van der Waals surface area (Å²) >= 11 is 2.18. The van der Waals surface area contributed by atoms with Crippen molar-refractivity contribution >= 4 is 52.2 Å². The fourth-order valence-electron chi connectivity index (χ4n) is 4.36. The van der Waals surface area contributed by atoms with Gasteiger partial charge in [-0.25, -0.2) is 13.3 Å². The molecule has 0 aliphatic carbocycles. The van der Waals surface area contributed by atoms with E-state index in [2.05, 4.69) is 0 Å². The summed E-state index contributed by atoms with van der Waals surface area (Å²) < 4.78 is 34.2. The summed E-state index contributed by atoms with van der Waals surface area (Å²) in [5.41, 5.74) is 0.395. The lowest BCUT2D eigenvalue weighted by atomic mass is 9.92. The zero-order valence-corrected chi connectivity index (χ0v) is 20.2. The van der Waals surface area contributed by atoms with E-state index in [4.69, 9.17) is 0 Å². The second-order valence-electron chi connectivity index (χ2n) is 8.73. The van der Waals surface area contributed by atoms with E-state index in [0.717, 1.165) is 47.8 Å². The van der Waals surface area contributed by atoms with E-state index in [9.17, 15) is 9.59 Å². The Morgan fingerprint density at radius 1 is 0.697 bits per heavy atom. The van der Waals surface area contributed by atoms with Crippen LogP contribution in [0.15, 0.2) is 52.1 Å². The van der Waals surface area contributed by atoms with Crippen LogP contribution < -0.4 is 11.1 Å². The van der Waals surface area contributed by atoms with Crippen LogP contribution in [0.5, 0.6) is 0 Å². The smallest absolute Gasteiger partial charge is 0.268 e. The number of halogens is 2. The van der Waals surface area contributed by atoms with E-state index < -0.39 is 33.5 Å². The van der Waals surface area contributed by atoms with E-state index in [-0.39, 0.29) is 21.2 Å². The maximum absolute atomic E-state index is 15.8. The van der Waals surface area contributed by atoms with Crippen molar-refractivity contribution in [2.45, 2.75) is 39.5 Å². The van der Waals surface area contributed by atoms with Gasteiger partial charge < -0.3 is 0 Å². The van der Waals surface area contributed by atoms with Gasteiger partial charge >= 0.3 is 0 Å². The Morgan fingerprint density at radius 3 is 1.52 bits per heavy atom. The SMILES string of the molecule is CC(C)c1cccc(C(C)C)c1-n1c(=O)c2c(F)c3sc4ccccc4sc3c(F)c2c1=O. The highest BCUT2D eigenvalue weighted by molar-refractivity contribution is 7.36. The molecule has 0 saturated heterocycles. The number of hydrogen-bond donors (Lipinski definition) is 0. The van der Waals surface area contributed by atoms with Crippen molar-refractivity contribution in [2.75, 3.05) is 0 Å². The second-order valence-corrected chi connectivity index (χ2v) is 10.8. The van der Waals surface area contributed by atoms with Gasteiger partial charge in [-0.05, 0) is 35.1 Å². The van der Waals surface area contributed by atoms with Gasteiger partial charge in [0.1, 0.15) is 0 Å². The molecule has 0 unspecified atom stereocenters. The van der Waals surface area contributed by atoms with Crippen LogP contribution in [0.4, 0.5) is 8.78 Å². The van der Waals surface area contributed by atoms with Crippen LogP contribution in [0, 0.1) is 11.6 Å². The molecule has 0 aliphatic rings. The molecule has 33 heavy (non-hydrogen) atoms. The molecule has 0 N–H and O–H groups in total. The van der Waals surface area contributed by atoms with Crippen LogP contribution in [0.25, 0.3) is 35.3 Å². The molecule has 0 bridgehead atoms. The molecule has 3 nitrogen and oxygen atoms in total. The Morgan fingerprint density at radius 2 is 1.12 bits per heavy atom. The average molecular weight is 482 g/mol. The number of nitrogens with zero attached hydrogens (tertiary/aromatic N) is 1. The molecule has 0 atom stereocenters. The summed E-state index contributed by atoms with van der Waals surface area (Å²) in [6.07, 6.45) is 0. The van der Waals surface area contributed by atoms with E-state index >= 15 is 8.78 Å². The monoisotopic (exact) mass is 481 g/mol. The zero-order chi connectivity index (χ0) is 23.6. The van der Waals surface area contributed by atoms with Crippen LogP contribution in [0.2, 0.25) is 0 Å². The fraction of sp³-hybridized carbons (Fsp3) is 0.231. The maximum atomic E-state index is 15.8. The first kappa shape index (κ1) is 21.9. The Balaban J connectivity index is 2.00. The molecule has 7 heteroatoms. The molecule has 0 fully saturated rings. The predicted molar refractivity (Wildman–Crippen MR) is 135 cm³/mol. The minimum Gasteiger partial charge on any atom is -0.268 e. The van der Waals surface area contributed by atoms with Crippen molar-refractivity contribution in [3.05, 3.63) is 85.9 Å². The van der Waals surface area contributed by atoms with Crippen LogP contribution >= 0.6 is 22.7 Å². The topological polar surface area (TPSA) is 39.1 Å². The molecule has 2 heterocycles. The van der Waals surface area contributed by atoms with Crippen molar-refractivity contribution in [3.8, 4) is 5.69 Å². The van der Waals surface area contributed by atoms with Crippen LogP contribution in [-0.2, 0) is 0 Å². The molecule has 3 aromatic carbocycles. The van der Waals surface area contributed by atoms with Crippen molar-refractivity contribution in [2.24, 2.45) is 0 Å². The van der Waals surface area contributed by atoms with Gasteiger partial charge in [-0.1, -0.05) is 58.0 Å². The Kier molecular flexibility index (Phi) is 5.21. The highest BCUT2D eigenvalue weighted by Gasteiger charge is 2.28. The summed E-state index contributed by atoms with van der Waals surface area (Å²) in [6, 6.07) is 12.9. The lowest BCUT2D eigenvalue weighted by Gasteiger charge is -2.19. The molecule has 2 aromatic heterocycles. The van der Waals surface area contributed by atoms with Gasteiger partial charge in [-0.3, -0.25) is 9.59 Å². The number of fused-ring (bicyclic) bond motifs is 3. The summed E-state index contributed by atoms with van der Waals surface area (Å²) in [5, 5.41) is -0.950. The molecular weight excluding hydrogens is 460 g/mol. The Labute approximate surface area is 196 Å². The van der Waals surface area contributed by atoms with E-state index in [1.807, 2.05) is 70.2 Å². The van der Waals surface area contributed by atoms with Crippen molar-refractivity contribution in [1.29, 1.82) is 0 Å². The van der Waals surface area contributed by atoms with Gasteiger partial charge in [0, 0.05) is 9.40 Å².